The number of carbonyl (C=O) groups excluding carboxylic acids is 3. The van der Waals surface area contributed by atoms with E-state index < -0.39 is 16.8 Å². The second kappa shape index (κ2) is 16.1. The van der Waals surface area contributed by atoms with Gasteiger partial charge in [-0.25, -0.2) is 0 Å². The van der Waals surface area contributed by atoms with E-state index in [1.54, 1.807) is 79.0 Å². The number of hydrogen-bond acceptors (Lipinski definition) is 7. The van der Waals surface area contributed by atoms with Crippen molar-refractivity contribution in [2.24, 2.45) is 10.8 Å². The van der Waals surface area contributed by atoms with Gasteiger partial charge in [-0.05, 0) is 111 Å². The van der Waals surface area contributed by atoms with Crippen LogP contribution in [0.5, 0.6) is 23.0 Å². The third-order valence-electron chi connectivity index (χ3n) is 6.53. The summed E-state index contributed by atoms with van der Waals surface area (Å²) in [6, 6.07) is 6.40. The summed E-state index contributed by atoms with van der Waals surface area (Å²) in [7, 11) is 1.59. The number of hydrogen-bond donors (Lipinski definition) is 0. The largest absolute Gasteiger partial charge is 0.496 e. The molecule has 0 bridgehead atoms. The quantitative estimate of drug-likeness (QED) is 0.0744. The summed E-state index contributed by atoms with van der Waals surface area (Å²) in [4.78, 5) is 38.9. The van der Waals surface area contributed by atoms with E-state index in [2.05, 4.69) is 0 Å². The number of esters is 2. The first-order valence-corrected chi connectivity index (χ1v) is 15.1. The molecule has 0 unspecified atom stereocenters. The molecule has 0 atom stereocenters. The molecule has 238 valence electrons. The van der Waals surface area contributed by atoms with E-state index in [0.29, 0.717) is 59.1 Å². The molecule has 0 amide bonds. The van der Waals surface area contributed by atoms with Gasteiger partial charge >= 0.3 is 11.9 Å². The van der Waals surface area contributed by atoms with Gasteiger partial charge in [-0.1, -0.05) is 31.2 Å². The van der Waals surface area contributed by atoms with Gasteiger partial charge in [0, 0.05) is 16.7 Å². The minimum Gasteiger partial charge on any atom is -0.496 e. The maximum atomic E-state index is 13.4. The number of allylic oxidation sites excluding steroid dienone is 5. The molecule has 0 aliphatic heterocycles. The van der Waals surface area contributed by atoms with E-state index >= 15 is 0 Å². The van der Waals surface area contributed by atoms with Crippen molar-refractivity contribution in [2.45, 2.75) is 81.6 Å². The van der Waals surface area contributed by atoms with Crippen LogP contribution in [-0.4, -0.2) is 31.4 Å². The SMILES string of the molecule is CC=CCc1c(OCCC)c(C=CC(=O)c2ccc(OC(=O)C(C)(C)C)cc2)c(OC(=O)C(C)(C)C)c(CC=CC)c1OC. The second-order valence-electron chi connectivity index (χ2n) is 12.5. The molecule has 2 aromatic carbocycles. The lowest BCUT2D eigenvalue weighted by molar-refractivity contribution is -0.143. The number of rotatable bonds is 13. The number of carbonyl (C=O) groups is 3. The fourth-order valence-corrected chi connectivity index (χ4v) is 3.99. The lowest BCUT2D eigenvalue weighted by Gasteiger charge is -2.25. The molecule has 0 aromatic heterocycles. The Morgan fingerprint density at radius 2 is 1.27 bits per heavy atom. The summed E-state index contributed by atoms with van der Waals surface area (Å²) < 4.78 is 23.8. The average molecular weight is 605 g/mol. The van der Waals surface area contributed by atoms with Gasteiger partial charge in [0.15, 0.2) is 5.78 Å². The highest BCUT2D eigenvalue weighted by Crippen LogP contribution is 2.46. The maximum absolute atomic E-state index is 13.4. The van der Waals surface area contributed by atoms with E-state index in [4.69, 9.17) is 18.9 Å². The molecule has 0 aliphatic rings. The number of methoxy groups -OCH3 is 1. The van der Waals surface area contributed by atoms with Crippen molar-refractivity contribution in [3.63, 3.8) is 0 Å². The third kappa shape index (κ3) is 9.69. The molecule has 0 N–H and O–H groups in total. The van der Waals surface area contributed by atoms with Crippen molar-refractivity contribution in [2.75, 3.05) is 13.7 Å². The Kier molecular flexibility index (Phi) is 13.2. The summed E-state index contributed by atoms with van der Waals surface area (Å²) in [5, 5.41) is 0. The molecular formula is C37H48O7. The zero-order chi connectivity index (χ0) is 33.1. The van der Waals surface area contributed by atoms with Crippen molar-refractivity contribution < 1.29 is 33.3 Å². The molecule has 0 saturated carbocycles. The van der Waals surface area contributed by atoms with Gasteiger partial charge < -0.3 is 18.9 Å². The molecule has 0 aliphatic carbocycles. The summed E-state index contributed by atoms with van der Waals surface area (Å²) in [5.74, 6) is 0.650. The highest BCUT2D eigenvalue weighted by molar-refractivity contribution is 6.07. The van der Waals surface area contributed by atoms with Crippen LogP contribution in [-0.2, 0) is 22.4 Å². The maximum Gasteiger partial charge on any atom is 0.316 e. The van der Waals surface area contributed by atoms with Gasteiger partial charge in [0.1, 0.15) is 23.0 Å². The van der Waals surface area contributed by atoms with Crippen LogP contribution in [0, 0.1) is 10.8 Å². The van der Waals surface area contributed by atoms with Gasteiger partial charge in [-0.15, -0.1) is 0 Å². The molecule has 44 heavy (non-hydrogen) atoms. The summed E-state index contributed by atoms with van der Waals surface area (Å²) in [6.07, 6.45) is 12.6. The number of benzene rings is 2. The van der Waals surface area contributed by atoms with Crippen LogP contribution in [0.4, 0.5) is 0 Å². The highest BCUT2D eigenvalue weighted by Gasteiger charge is 2.30. The van der Waals surface area contributed by atoms with Crippen LogP contribution in [0.1, 0.15) is 95.8 Å². The van der Waals surface area contributed by atoms with Gasteiger partial charge in [-0.2, -0.15) is 0 Å². The topological polar surface area (TPSA) is 88.1 Å². The van der Waals surface area contributed by atoms with Crippen molar-refractivity contribution in [3.05, 3.63) is 76.9 Å². The zero-order valence-corrected chi connectivity index (χ0v) is 28.0. The minimum absolute atomic E-state index is 0.283. The van der Waals surface area contributed by atoms with Crippen LogP contribution < -0.4 is 18.9 Å². The first-order chi connectivity index (χ1) is 20.7. The van der Waals surface area contributed by atoms with Gasteiger partial charge in [0.05, 0.1) is 30.1 Å². The van der Waals surface area contributed by atoms with Crippen LogP contribution in [0.15, 0.2) is 54.6 Å². The molecule has 0 saturated heterocycles. The fraction of sp³-hybridized carbons (Fsp3) is 0.432. The van der Waals surface area contributed by atoms with Crippen LogP contribution in [0.25, 0.3) is 6.08 Å². The lowest BCUT2D eigenvalue weighted by atomic mass is 9.94. The molecule has 0 radical (unpaired) electrons. The van der Waals surface area contributed by atoms with Crippen LogP contribution in [0.2, 0.25) is 0 Å². The first kappa shape index (κ1) is 36.1. The molecule has 2 aromatic rings. The van der Waals surface area contributed by atoms with Crippen molar-refractivity contribution in [1.82, 2.24) is 0 Å². The van der Waals surface area contributed by atoms with E-state index in [0.717, 1.165) is 12.0 Å². The Bertz CT molecular complexity index is 1400. The third-order valence-corrected chi connectivity index (χ3v) is 6.53. The van der Waals surface area contributed by atoms with E-state index in [1.165, 1.54) is 6.08 Å². The normalized spacial score (nSPS) is 12.2. The van der Waals surface area contributed by atoms with E-state index in [1.807, 2.05) is 45.1 Å². The van der Waals surface area contributed by atoms with Gasteiger partial charge in [-0.3, -0.25) is 14.4 Å². The van der Waals surface area contributed by atoms with Crippen molar-refractivity contribution in [3.8, 4) is 23.0 Å². The van der Waals surface area contributed by atoms with Crippen LogP contribution in [0.3, 0.4) is 0 Å². The second-order valence-corrected chi connectivity index (χ2v) is 12.5. The predicted octanol–water partition coefficient (Wildman–Crippen LogP) is 8.52. The molecule has 7 heteroatoms. The fourth-order valence-electron chi connectivity index (χ4n) is 3.99. The molecule has 2 rings (SSSR count). The molecular weight excluding hydrogens is 556 g/mol. The number of ether oxygens (including phenoxy) is 4. The highest BCUT2D eigenvalue weighted by atomic mass is 16.5. The van der Waals surface area contributed by atoms with Crippen molar-refractivity contribution in [1.29, 1.82) is 0 Å². The first-order valence-electron chi connectivity index (χ1n) is 15.1. The Morgan fingerprint density at radius 3 is 1.75 bits per heavy atom. The van der Waals surface area contributed by atoms with Gasteiger partial charge in [0.25, 0.3) is 0 Å². The van der Waals surface area contributed by atoms with Gasteiger partial charge in [0.2, 0.25) is 0 Å². The summed E-state index contributed by atoms with van der Waals surface area (Å²) in [5.41, 5.74) is 0.931. The number of ketones is 1. The summed E-state index contributed by atoms with van der Waals surface area (Å²) in [6.45, 7) is 17.0. The molecule has 7 nitrogen and oxygen atoms in total. The molecule has 0 heterocycles. The monoisotopic (exact) mass is 604 g/mol. The minimum atomic E-state index is -0.784. The Balaban J connectivity index is 2.76. The molecule has 0 fully saturated rings. The van der Waals surface area contributed by atoms with E-state index in [-0.39, 0.29) is 11.8 Å². The Hall–Kier alpha value is -4.13. The van der Waals surface area contributed by atoms with Crippen LogP contribution >= 0.6 is 0 Å². The van der Waals surface area contributed by atoms with E-state index in [9.17, 15) is 14.4 Å². The summed E-state index contributed by atoms with van der Waals surface area (Å²) >= 11 is 0. The molecule has 0 spiro atoms. The average Bonchev–Trinajstić information content (AvgIpc) is 2.96. The predicted molar refractivity (Wildman–Crippen MR) is 176 cm³/mol. The Labute approximate surface area is 262 Å². The van der Waals surface area contributed by atoms with Crippen molar-refractivity contribution >= 4 is 23.8 Å². The lowest BCUT2D eigenvalue weighted by Crippen LogP contribution is -2.26. The smallest absolute Gasteiger partial charge is 0.316 e. The Morgan fingerprint density at radius 1 is 0.750 bits per heavy atom. The zero-order valence-electron chi connectivity index (χ0n) is 28.0. The standard InChI is InChI=1S/C37H48O7/c1-11-14-16-27-31(41-10)28(17-15-12-2)33(44-35(40)37(7,8)9)29(32(27)42-24-13-3)22-23-30(38)25-18-20-26(21-19-25)43-34(39)36(4,5)6/h11-12,14-15,18-23H,13,16-17,24H2,1-10H3.